The molecule has 8 nitrogen and oxygen atoms in total. The predicted octanol–water partition coefficient (Wildman–Crippen LogP) is -1.56. The maximum absolute atomic E-state index is 12.0. The summed E-state index contributed by atoms with van der Waals surface area (Å²) in [6, 6.07) is 0. The van der Waals surface area contributed by atoms with Crippen molar-refractivity contribution in [1.82, 2.24) is 8.61 Å². The molecule has 1 aliphatic heterocycles. The van der Waals surface area contributed by atoms with Gasteiger partial charge in [0.05, 0.1) is 12.5 Å². The molecule has 1 aliphatic rings. The van der Waals surface area contributed by atoms with Crippen molar-refractivity contribution >= 4 is 22.1 Å². The summed E-state index contributed by atoms with van der Waals surface area (Å²) < 4.78 is 26.0. The largest absolute Gasteiger partial charge is 0.481 e. The number of carbonyl (C=O) groups excluding carboxylic acids is 1. The Morgan fingerprint density at radius 3 is 2.61 bits per heavy atom. The number of hydrogen-bond donors (Lipinski definition) is 2. The maximum Gasteiger partial charge on any atom is 0.307 e. The van der Waals surface area contributed by atoms with Crippen molar-refractivity contribution < 1.29 is 23.1 Å². The summed E-state index contributed by atoms with van der Waals surface area (Å²) in [6.07, 6.45) is 0.946. The smallest absolute Gasteiger partial charge is 0.307 e. The molecule has 9 heteroatoms. The van der Waals surface area contributed by atoms with E-state index in [4.69, 9.17) is 10.8 Å². The summed E-state index contributed by atoms with van der Waals surface area (Å²) in [5, 5.41) is 8.90. The van der Waals surface area contributed by atoms with E-state index in [2.05, 4.69) is 0 Å². The van der Waals surface area contributed by atoms with Gasteiger partial charge in [-0.15, -0.1) is 0 Å². The van der Waals surface area contributed by atoms with Crippen molar-refractivity contribution in [3.05, 3.63) is 0 Å². The van der Waals surface area contributed by atoms with Crippen LogP contribution in [0.1, 0.15) is 12.8 Å². The van der Waals surface area contributed by atoms with Gasteiger partial charge in [-0.2, -0.15) is 17.0 Å². The van der Waals surface area contributed by atoms with Crippen LogP contribution in [-0.4, -0.2) is 60.7 Å². The summed E-state index contributed by atoms with van der Waals surface area (Å²) in [6.45, 7) is -0.230. The summed E-state index contributed by atoms with van der Waals surface area (Å²) in [7, 11) is -2.58. The third-order valence-corrected chi connectivity index (χ3v) is 4.73. The average Bonchev–Trinajstić information content (AvgIpc) is 2.28. The molecule has 1 saturated heterocycles. The molecular formula is C9H17N3O5S. The van der Waals surface area contributed by atoms with E-state index in [9.17, 15) is 18.0 Å². The highest BCUT2D eigenvalue weighted by atomic mass is 32.2. The van der Waals surface area contributed by atoms with E-state index in [1.807, 2.05) is 0 Å². The Balaban J connectivity index is 2.78. The van der Waals surface area contributed by atoms with E-state index in [0.29, 0.717) is 12.8 Å². The first-order valence-corrected chi connectivity index (χ1v) is 6.87. The Morgan fingerprint density at radius 1 is 1.50 bits per heavy atom. The third-order valence-electron chi connectivity index (χ3n) is 2.83. The minimum absolute atomic E-state index is 0.0687. The summed E-state index contributed by atoms with van der Waals surface area (Å²) in [5.41, 5.74) is 4.94. The molecular weight excluding hydrogens is 262 g/mol. The van der Waals surface area contributed by atoms with Gasteiger partial charge in [0.1, 0.15) is 0 Å². The number of rotatable bonds is 5. The molecule has 0 aromatic carbocycles. The van der Waals surface area contributed by atoms with Crippen LogP contribution in [-0.2, 0) is 19.8 Å². The number of carboxylic acids is 1. The fourth-order valence-corrected chi connectivity index (χ4v) is 3.26. The number of hydrogen-bond acceptors (Lipinski definition) is 4. The van der Waals surface area contributed by atoms with Crippen LogP contribution in [0.3, 0.4) is 0 Å². The Hall–Kier alpha value is -1.19. The zero-order chi connectivity index (χ0) is 13.9. The first-order valence-electron chi connectivity index (χ1n) is 5.47. The van der Waals surface area contributed by atoms with Gasteiger partial charge in [0.25, 0.3) is 10.2 Å². The highest BCUT2D eigenvalue weighted by molar-refractivity contribution is 7.86. The minimum atomic E-state index is -3.82. The van der Waals surface area contributed by atoms with Gasteiger partial charge in [-0.25, -0.2) is 0 Å². The number of likely N-dealkylation sites (N-methyl/N-ethyl adjacent to an activating group) is 1. The number of aliphatic carboxylic acids is 1. The van der Waals surface area contributed by atoms with Crippen LogP contribution in [0.4, 0.5) is 0 Å². The highest BCUT2D eigenvalue weighted by Gasteiger charge is 2.34. The summed E-state index contributed by atoms with van der Waals surface area (Å²) >= 11 is 0. The molecule has 0 spiro atoms. The van der Waals surface area contributed by atoms with E-state index in [1.54, 1.807) is 0 Å². The normalized spacial score (nSPS) is 22.0. The van der Waals surface area contributed by atoms with Crippen LogP contribution in [0.2, 0.25) is 0 Å². The minimum Gasteiger partial charge on any atom is -0.481 e. The Morgan fingerprint density at radius 2 is 2.11 bits per heavy atom. The monoisotopic (exact) mass is 279 g/mol. The van der Waals surface area contributed by atoms with Gasteiger partial charge >= 0.3 is 5.97 Å². The fourth-order valence-electron chi connectivity index (χ4n) is 1.85. The van der Waals surface area contributed by atoms with Crippen LogP contribution in [0.5, 0.6) is 0 Å². The molecule has 1 rings (SSSR count). The van der Waals surface area contributed by atoms with Crippen molar-refractivity contribution in [1.29, 1.82) is 0 Å². The van der Waals surface area contributed by atoms with Crippen molar-refractivity contribution in [3.8, 4) is 0 Å². The van der Waals surface area contributed by atoms with E-state index >= 15 is 0 Å². The Kier molecular flexibility index (Phi) is 4.65. The topological polar surface area (TPSA) is 121 Å². The van der Waals surface area contributed by atoms with Gasteiger partial charge in [-0.3, -0.25) is 9.59 Å². The zero-order valence-corrected chi connectivity index (χ0v) is 10.9. The molecule has 104 valence electrons. The number of nitrogens with two attached hydrogens (primary N) is 1. The van der Waals surface area contributed by atoms with Crippen molar-refractivity contribution in [2.75, 3.05) is 26.7 Å². The molecule has 0 aliphatic carbocycles. The van der Waals surface area contributed by atoms with E-state index in [1.165, 1.54) is 7.05 Å². The van der Waals surface area contributed by atoms with Gasteiger partial charge in [-0.05, 0) is 12.8 Å². The number of piperidine rings is 1. The molecule has 18 heavy (non-hydrogen) atoms. The van der Waals surface area contributed by atoms with Gasteiger partial charge in [-0.1, -0.05) is 0 Å². The second kappa shape index (κ2) is 5.63. The fraction of sp³-hybridized carbons (Fsp3) is 0.778. The second-order valence-electron chi connectivity index (χ2n) is 4.27. The van der Waals surface area contributed by atoms with E-state index < -0.39 is 34.5 Å². The molecule has 1 amide bonds. The van der Waals surface area contributed by atoms with Gasteiger partial charge in [0.2, 0.25) is 5.91 Å². The van der Waals surface area contributed by atoms with Crippen LogP contribution < -0.4 is 5.73 Å². The molecule has 1 unspecified atom stereocenters. The number of nitrogens with zero attached hydrogens (tertiary/aromatic N) is 2. The lowest BCUT2D eigenvalue weighted by Gasteiger charge is -2.32. The van der Waals surface area contributed by atoms with Gasteiger partial charge in [0.15, 0.2) is 0 Å². The number of carboxylic acid groups (broad SMARTS) is 1. The van der Waals surface area contributed by atoms with Crippen molar-refractivity contribution in [2.45, 2.75) is 12.8 Å². The third kappa shape index (κ3) is 3.40. The van der Waals surface area contributed by atoms with Crippen molar-refractivity contribution in [2.24, 2.45) is 11.7 Å². The van der Waals surface area contributed by atoms with Crippen LogP contribution in [0.15, 0.2) is 0 Å². The molecule has 1 atom stereocenters. The summed E-state index contributed by atoms with van der Waals surface area (Å²) in [4.78, 5) is 21.6. The molecule has 0 bridgehead atoms. The quantitative estimate of drug-likeness (QED) is 0.630. The summed E-state index contributed by atoms with van der Waals surface area (Å²) in [5.74, 6) is -2.46. The molecule has 0 aromatic heterocycles. The highest BCUT2D eigenvalue weighted by Crippen LogP contribution is 2.20. The SMILES string of the molecule is CN(CC(N)=O)S(=O)(=O)N1CCCC(C(=O)O)C1. The molecule has 1 heterocycles. The lowest BCUT2D eigenvalue weighted by molar-refractivity contribution is -0.142. The lowest BCUT2D eigenvalue weighted by atomic mass is 10.0. The molecule has 0 saturated carbocycles. The second-order valence-corrected chi connectivity index (χ2v) is 6.30. The Bertz CT molecular complexity index is 435. The molecule has 0 aromatic rings. The number of primary amides is 1. The number of carbonyl (C=O) groups is 2. The van der Waals surface area contributed by atoms with Gasteiger partial charge < -0.3 is 10.8 Å². The Labute approximate surface area is 106 Å². The molecule has 3 N–H and O–H groups in total. The van der Waals surface area contributed by atoms with Crippen LogP contribution in [0, 0.1) is 5.92 Å². The van der Waals surface area contributed by atoms with E-state index in [0.717, 1.165) is 8.61 Å². The first kappa shape index (κ1) is 14.9. The predicted molar refractivity (Wildman–Crippen MR) is 62.7 cm³/mol. The van der Waals surface area contributed by atoms with Crippen LogP contribution in [0.25, 0.3) is 0 Å². The van der Waals surface area contributed by atoms with Crippen molar-refractivity contribution in [3.63, 3.8) is 0 Å². The standard InChI is InChI=1S/C9H17N3O5S/c1-11(6-8(10)13)18(16,17)12-4-2-3-7(5-12)9(14)15/h7H,2-6H2,1H3,(H2,10,13)(H,14,15). The molecule has 0 radical (unpaired) electrons. The average molecular weight is 279 g/mol. The first-order chi connectivity index (χ1) is 8.25. The number of amides is 1. The van der Waals surface area contributed by atoms with E-state index in [-0.39, 0.29) is 13.1 Å². The zero-order valence-electron chi connectivity index (χ0n) is 10.1. The van der Waals surface area contributed by atoms with Gasteiger partial charge in [0, 0.05) is 20.1 Å². The van der Waals surface area contributed by atoms with Crippen LogP contribution >= 0.6 is 0 Å². The lowest BCUT2D eigenvalue weighted by Crippen LogP contribution is -2.49. The maximum atomic E-state index is 12.0. The molecule has 1 fully saturated rings.